The highest BCUT2D eigenvalue weighted by Gasteiger charge is 2.24. The van der Waals surface area contributed by atoms with E-state index >= 15 is 0 Å². The van der Waals surface area contributed by atoms with Gasteiger partial charge in [0.05, 0.1) is 25.2 Å². The van der Waals surface area contributed by atoms with Crippen LogP contribution >= 0.6 is 0 Å². The van der Waals surface area contributed by atoms with E-state index in [1.54, 1.807) is 48.5 Å². The summed E-state index contributed by atoms with van der Waals surface area (Å²) < 4.78 is 15.9. The highest BCUT2D eigenvalue weighted by Crippen LogP contribution is 2.33. The average Bonchev–Trinajstić information content (AvgIpc) is 2.61. The molecule has 1 heterocycles. The second kappa shape index (κ2) is 5.96. The summed E-state index contributed by atoms with van der Waals surface area (Å²) in [6, 6.07) is 13.8. The van der Waals surface area contributed by atoms with E-state index in [0.717, 1.165) is 0 Å². The van der Waals surface area contributed by atoms with Crippen molar-refractivity contribution >= 4 is 16.9 Å². The van der Waals surface area contributed by atoms with E-state index in [1.807, 2.05) is 0 Å². The van der Waals surface area contributed by atoms with Crippen LogP contribution in [-0.4, -0.2) is 20.2 Å². The summed E-state index contributed by atoms with van der Waals surface area (Å²) in [7, 11) is 2.73. The third kappa shape index (κ3) is 2.46. The fourth-order valence-electron chi connectivity index (χ4n) is 2.45. The van der Waals surface area contributed by atoms with Crippen molar-refractivity contribution in [3.8, 4) is 17.1 Å². The van der Waals surface area contributed by atoms with Gasteiger partial charge in [-0.2, -0.15) is 0 Å². The molecule has 5 heteroatoms. The smallest absolute Gasteiger partial charge is 0.345 e. The molecule has 0 spiro atoms. The number of rotatable bonds is 3. The fourth-order valence-corrected chi connectivity index (χ4v) is 2.45. The Morgan fingerprint density at radius 1 is 1.00 bits per heavy atom. The van der Waals surface area contributed by atoms with E-state index in [-0.39, 0.29) is 11.3 Å². The maximum atomic E-state index is 12.7. The van der Waals surface area contributed by atoms with Crippen molar-refractivity contribution in [1.82, 2.24) is 0 Å². The van der Waals surface area contributed by atoms with Gasteiger partial charge in [-0.15, -0.1) is 0 Å². The lowest BCUT2D eigenvalue weighted by atomic mass is 10.0. The van der Waals surface area contributed by atoms with Crippen molar-refractivity contribution in [2.45, 2.75) is 0 Å². The van der Waals surface area contributed by atoms with E-state index in [9.17, 15) is 9.59 Å². The average molecular weight is 310 g/mol. The van der Waals surface area contributed by atoms with Crippen molar-refractivity contribution in [3.63, 3.8) is 0 Å². The first-order valence-electron chi connectivity index (χ1n) is 6.95. The molecule has 0 bridgehead atoms. The Kier molecular flexibility index (Phi) is 3.85. The highest BCUT2D eigenvalue weighted by atomic mass is 16.5. The second-order valence-corrected chi connectivity index (χ2v) is 4.82. The molecule has 2 aromatic carbocycles. The molecule has 116 valence electrons. The fraction of sp³-hybridized carbons (Fsp3) is 0.111. The lowest BCUT2D eigenvalue weighted by molar-refractivity contribution is 0.0598. The summed E-state index contributed by atoms with van der Waals surface area (Å²) in [4.78, 5) is 24.9. The molecule has 0 radical (unpaired) electrons. The van der Waals surface area contributed by atoms with Crippen LogP contribution in [0.4, 0.5) is 0 Å². The van der Waals surface area contributed by atoms with Crippen LogP contribution in [0.1, 0.15) is 10.4 Å². The molecule has 0 unspecified atom stereocenters. The van der Waals surface area contributed by atoms with Gasteiger partial charge < -0.3 is 13.9 Å². The molecule has 1 aromatic heterocycles. The van der Waals surface area contributed by atoms with E-state index in [4.69, 9.17) is 13.9 Å². The van der Waals surface area contributed by atoms with E-state index in [1.165, 1.54) is 14.2 Å². The van der Waals surface area contributed by atoms with E-state index < -0.39 is 11.4 Å². The summed E-state index contributed by atoms with van der Waals surface area (Å²) in [6.07, 6.45) is 0. The Hall–Kier alpha value is -3.08. The monoisotopic (exact) mass is 310 g/mol. The summed E-state index contributed by atoms with van der Waals surface area (Å²) in [5.41, 5.74) is 0.333. The molecule has 0 atom stereocenters. The Bertz CT molecular complexity index is 940. The lowest BCUT2D eigenvalue weighted by Gasteiger charge is -2.11. The predicted molar refractivity (Wildman–Crippen MR) is 85.8 cm³/mol. The summed E-state index contributed by atoms with van der Waals surface area (Å²) in [6.45, 7) is 0. The van der Waals surface area contributed by atoms with Gasteiger partial charge in [0.25, 0.3) is 0 Å². The normalized spacial score (nSPS) is 10.5. The number of carbonyl (C=O) groups excluding carboxylic acids is 1. The molecular formula is C18H14O5. The van der Waals surface area contributed by atoms with E-state index in [2.05, 4.69) is 0 Å². The van der Waals surface area contributed by atoms with Crippen LogP contribution in [0.5, 0.6) is 5.75 Å². The minimum absolute atomic E-state index is 0.137. The number of methoxy groups -OCH3 is 2. The highest BCUT2D eigenvalue weighted by molar-refractivity contribution is 5.99. The number of fused-ring (bicyclic) bond motifs is 1. The zero-order valence-electron chi connectivity index (χ0n) is 12.7. The quantitative estimate of drug-likeness (QED) is 0.695. The zero-order valence-corrected chi connectivity index (χ0v) is 12.7. The standard InChI is InChI=1S/C18H14O5/c1-21-13-9-5-4-8-12(13)17-15(18(20)22-2)16(19)11-7-3-6-10-14(11)23-17/h3-10H,1-2H3. The SMILES string of the molecule is COC(=O)c1c(-c2ccccc2OC)oc2ccccc2c1=O. The van der Waals surface area contributed by atoms with Gasteiger partial charge in [-0.3, -0.25) is 4.79 Å². The molecule has 0 N–H and O–H groups in total. The maximum Gasteiger partial charge on any atom is 0.345 e. The van der Waals surface area contributed by atoms with Gasteiger partial charge in [-0.05, 0) is 24.3 Å². The maximum absolute atomic E-state index is 12.7. The van der Waals surface area contributed by atoms with Gasteiger partial charge in [0.15, 0.2) is 11.3 Å². The lowest BCUT2D eigenvalue weighted by Crippen LogP contribution is -2.18. The number of benzene rings is 2. The number of carbonyl (C=O) groups is 1. The van der Waals surface area contributed by atoms with Crippen LogP contribution in [0.2, 0.25) is 0 Å². The van der Waals surface area contributed by atoms with Crippen molar-refractivity contribution in [1.29, 1.82) is 0 Å². The number of para-hydroxylation sites is 2. The molecule has 3 rings (SSSR count). The van der Waals surface area contributed by atoms with Crippen LogP contribution in [0.15, 0.2) is 57.7 Å². The molecule has 0 saturated carbocycles. The first-order valence-corrected chi connectivity index (χ1v) is 6.95. The van der Waals surface area contributed by atoms with Gasteiger partial charge in [0.2, 0.25) is 5.43 Å². The third-order valence-electron chi connectivity index (χ3n) is 3.54. The number of hydrogen-bond donors (Lipinski definition) is 0. The van der Waals surface area contributed by atoms with Crippen LogP contribution in [-0.2, 0) is 4.74 Å². The van der Waals surface area contributed by atoms with Crippen molar-refractivity contribution < 1.29 is 18.7 Å². The first-order chi connectivity index (χ1) is 11.2. The molecule has 0 aliphatic carbocycles. The van der Waals surface area contributed by atoms with Crippen LogP contribution < -0.4 is 10.2 Å². The predicted octanol–water partition coefficient (Wildman–Crippen LogP) is 3.26. The minimum atomic E-state index is -0.745. The Morgan fingerprint density at radius 3 is 2.43 bits per heavy atom. The molecule has 0 aliphatic rings. The molecule has 0 aliphatic heterocycles. The Morgan fingerprint density at radius 2 is 1.70 bits per heavy atom. The molecule has 0 amide bonds. The molecular weight excluding hydrogens is 296 g/mol. The third-order valence-corrected chi connectivity index (χ3v) is 3.54. The van der Waals surface area contributed by atoms with Gasteiger partial charge in [0, 0.05) is 0 Å². The molecule has 5 nitrogen and oxygen atoms in total. The van der Waals surface area contributed by atoms with Gasteiger partial charge in [0.1, 0.15) is 11.3 Å². The van der Waals surface area contributed by atoms with Gasteiger partial charge in [-0.25, -0.2) is 4.79 Å². The number of hydrogen-bond acceptors (Lipinski definition) is 5. The van der Waals surface area contributed by atoms with Crippen LogP contribution in [0.3, 0.4) is 0 Å². The van der Waals surface area contributed by atoms with Crippen molar-refractivity contribution in [2.24, 2.45) is 0 Å². The first kappa shape index (κ1) is 14.8. The topological polar surface area (TPSA) is 65.7 Å². The Labute approximate surface area is 132 Å². The van der Waals surface area contributed by atoms with Gasteiger partial charge in [-0.1, -0.05) is 24.3 Å². The molecule has 0 saturated heterocycles. The minimum Gasteiger partial charge on any atom is -0.496 e. The van der Waals surface area contributed by atoms with E-state index in [0.29, 0.717) is 22.3 Å². The number of ether oxygens (including phenoxy) is 2. The molecule has 3 aromatic rings. The second-order valence-electron chi connectivity index (χ2n) is 4.82. The molecule has 0 fully saturated rings. The Balaban J connectivity index is 2.44. The van der Waals surface area contributed by atoms with Gasteiger partial charge >= 0.3 is 5.97 Å². The largest absolute Gasteiger partial charge is 0.496 e. The summed E-state index contributed by atoms with van der Waals surface area (Å²) in [5, 5.41) is 0.326. The van der Waals surface area contributed by atoms with Crippen LogP contribution in [0.25, 0.3) is 22.3 Å². The van der Waals surface area contributed by atoms with Crippen molar-refractivity contribution in [2.75, 3.05) is 14.2 Å². The number of esters is 1. The molecule has 23 heavy (non-hydrogen) atoms. The van der Waals surface area contributed by atoms with Crippen molar-refractivity contribution in [3.05, 3.63) is 64.3 Å². The summed E-state index contributed by atoms with van der Waals surface area (Å²) in [5.74, 6) is -0.112. The summed E-state index contributed by atoms with van der Waals surface area (Å²) >= 11 is 0. The zero-order chi connectivity index (χ0) is 16.4. The van der Waals surface area contributed by atoms with Crippen LogP contribution in [0, 0.1) is 0 Å².